The van der Waals surface area contributed by atoms with Gasteiger partial charge in [0.15, 0.2) is 0 Å². The molecule has 0 bridgehead atoms. The molecule has 1 saturated carbocycles. The molecule has 1 aliphatic rings. The van der Waals surface area contributed by atoms with Gasteiger partial charge in [0.2, 0.25) is 0 Å². The van der Waals surface area contributed by atoms with E-state index in [2.05, 4.69) is 47.8 Å². The molecular weight excluding hydrogens is 418 g/mol. The molecule has 3 nitrogen and oxygen atoms in total. The number of phenolic OH excluding ortho intramolecular Hbond substituents is 1. The topological polar surface area (TPSA) is 66.5 Å². The summed E-state index contributed by atoms with van der Waals surface area (Å²) in [6.45, 7) is 0. The number of hydrogen-bond acceptors (Lipinski definition) is 3. The summed E-state index contributed by atoms with van der Waals surface area (Å²) in [5.74, 6) is 0.385. The minimum Gasteiger partial charge on any atom is -0.506 e. The zero-order valence-corrected chi connectivity index (χ0v) is 13.6. The third kappa shape index (κ3) is 2.71. The largest absolute Gasteiger partial charge is 0.506 e. The lowest BCUT2D eigenvalue weighted by atomic mass is 9.99. The van der Waals surface area contributed by atoms with Crippen LogP contribution in [0.5, 0.6) is 5.75 Å². The summed E-state index contributed by atoms with van der Waals surface area (Å²) in [4.78, 5) is 0. The summed E-state index contributed by atoms with van der Waals surface area (Å²) in [6.07, 6.45) is 1.47. The van der Waals surface area contributed by atoms with Crippen LogP contribution in [0.2, 0.25) is 0 Å². The van der Waals surface area contributed by atoms with Crippen molar-refractivity contribution in [3.63, 3.8) is 0 Å². The molecule has 0 unspecified atom stereocenters. The zero-order chi connectivity index (χ0) is 12.7. The van der Waals surface area contributed by atoms with Gasteiger partial charge in [-0.3, -0.25) is 0 Å². The van der Waals surface area contributed by atoms with Gasteiger partial charge in [-0.1, -0.05) is 15.9 Å². The summed E-state index contributed by atoms with van der Waals surface area (Å²) < 4.78 is 1.86. The SMILES string of the molecule is N[C@@H](c1c(Br)cc(Br)c(O)c1Br)[C@H](O)C1CC1. The fourth-order valence-corrected chi connectivity index (χ4v) is 4.45. The van der Waals surface area contributed by atoms with E-state index < -0.39 is 12.1 Å². The maximum absolute atomic E-state index is 10.1. The standard InChI is InChI=1S/C11H12Br3NO2/c12-5-3-6(13)11(17)8(14)7(5)9(15)10(16)4-1-2-4/h3-4,9-10,16-17H,1-2,15H2/t9-,10+/m0/s1. The van der Waals surface area contributed by atoms with Crippen molar-refractivity contribution < 1.29 is 10.2 Å². The second-order valence-corrected chi connectivity index (χ2v) is 6.77. The van der Waals surface area contributed by atoms with Crippen LogP contribution in [-0.4, -0.2) is 16.3 Å². The summed E-state index contributed by atoms with van der Waals surface area (Å²) >= 11 is 9.97. The second kappa shape index (κ2) is 5.17. The molecule has 0 spiro atoms. The molecule has 2 rings (SSSR count). The highest BCUT2D eigenvalue weighted by atomic mass is 79.9. The van der Waals surface area contributed by atoms with Gasteiger partial charge in [-0.25, -0.2) is 0 Å². The zero-order valence-electron chi connectivity index (χ0n) is 8.83. The highest BCUT2D eigenvalue weighted by Crippen LogP contribution is 2.45. The Kier molecular flexibility index (Phi) is 4.20. The van der Waals surface area contributed by atoms with Crippen molar-refractivity contribution in [2.75, 3.05) is 0 Å². The Balaban J connectivity index is 2.40. The van der Waals surface area contributed by atoms with Crippen LogP contribution in [0, 0.1) is 5.92 Å². The average molecular weight is 430 g/mol. The van der Waals surface area contributed by atoms with Gasteiger partial charge in [-0.15, -0.1) is 0 Å². The van der Waals surface area contributed by atoms with Gasteiger partial charge < -0.3 is 15.9 Å². The van der Waals surface area contributed by atoms with Crippen molar-refractivity contribution in [3.8, 4) is 5.75 Å². The average Bonchev–Trinajstić information content (AvgIpc) is 3.08. The quantitative estimate of drug-likeness (QED) is 0.689. The Labute approximate surface area is 125 Å². The van der Waals surface area contributed by atoms with Crippen LogP contribution < -0.4 is 5.73 Å². The molecule has 1 aromatic rings. The van der Waals surface area contributed by atoms with Gasteiger partial charge >= 0.3 is 0 Å². The van der Waals surface area contributed by atoms with Gasteiger partial charge in [0, 0.05) is 10.0 Å². The van der Waals surface area contributed by atoms with E-state index in [9.17, 15) is 10.2 Å². The number of nitrogens with two attached hydrogens (primary N) is 1. The molecule has 0 aromatic heterocycles. The van der Waals surface area contributed by atoms with Crippen LogP contribution in [-0.2, 0) is 0 Å². The number of phenols is 1. The first-order valence-electron chi connectivity index (χ1n) is 5.23. The van der Waals surface area contributed by atoms with Crippen molar-refractivity contribution in [1.29, 1.82) is 0 Å². The molecular formula is C11H12Br3NO2. The van der Waals surface area contributed by atoms with Gasteiger partial charge in [0.25, 0.3) is 0 Å². The Morgan fingerprint density at radius 3 is 2.35 bits per heavy atom. The number of aromatic hydroxyl groups is 1. The van der Waals surface area contributed by atoms with Crippen LogP contribution in [0.3, 0.4) is 0 Å². The lowest BCUT2D eigenvalue weighted by molar-refractivity contribution is 0.121. The third-order valence-corrected chi connectivity index (χ3v) is 5.05. The van der Waals surface area contributed by atoms with Gasteiger partial charge in [0.1, 0.15) is 5.75 Å². The van der Waals surface area contributed by atoms with E-state index in [0.717, 1.165) is 17.3 Å². The van der Waals surface area contributed by atoms with Crippen molar-refractivity contribution in [3.05, 3.63) is 25.0 Å². The molecule has 6 heteroatoms. The van der Waals surface area contributed by atoms with Crippen LogP contribution >= 0.6 is 47.8 Å². The number of rotatable bonds is 3. The normalized spacial score (nSPS) is 19.1. The monoisotopic (exact) mass is 427 g/mol. The van der Waals surface area contributed by atoms with E-state index in [1.54, 1.807) is 6.07 Å². The summed E-state index contributed by atoms with van der Waals surface area (Å²) in [5.41, 5.74) is 6.76. The number of benzene rings is 1. The van der Waals surface area contributed by atoms with E-state index in [4.69, 9.17) is 5.73 Å². The van der Waals surface area contributed by atoms with Crippen LogP contribution in [0.25, 0.3) is 0 Å². The Hall–Kier alpha value is 0.380. The van der Waals surface area contributed by atoms with Gasteiger partial charge in [0.05, 0.1) is 21.1 Å². The highest BCUT2D eigenvalue weighted by molar-refractivity contribution is 9.11. The molecule has 94 valence electrons. The molecule has 0 saturated heterocycles. The first kappa shape index (κ1) is 13.8. The smallest absolute Gasteiger partial charge is 0.144 e. The van der Waals surface area contributed by atoms with Crippen LogP contribution in [0.15, 0.2) is 19.5 Å². The lowest BCUT2D eigenvalue weighted by Crippen LogP contribution is -2.28. The number of aliphatic hydroxyl groups excluding tert-OH is 1. The molecule has 2 atom stereocenters. The Bertz CT molecular complexity index is 449. The molecule has 4 N–H and O–H groups in total. The molecule has 17 heavy (non-hydrogen) atoms. The van der Waals surface area contributed by atoms with E-state index in [0.29, 0.717) is 14.5 Å². The highest BCUT2D eigenvalue weighted by Gasteiger charge is 2.36. The van der Waals surface area contributed by atoms with Gasteiger partial charge in [-0.2, -0.15) is 0 Å². The number of aliphatic hydroxyl groups is 1. The van der Waals surface area contributed by atoms with Gasteiger partial charge in [-0.05, 0) is 56.7 Å². The summed E-state index contributed by atoms with van der Waals surface area (Å²) in [5, 5.41) is 19.9. The van der Waals surface area contributed by atoms with Crippen LogP contribution in [0.1, 0.15) is 24.4 Å². The van der Waals surface area contributed by atoms with Crippen molar-refractivity contribution in [2.24, 2.45) is 11.7 Å². The molecule has 1 aliphatic carbocycles. The Morgan fingerprint density at radius 1 is 1.24 bits per heavy atom. The first-order chi connectivity index (χ1) is 7.93. The van der Waals surface area contributed by atoms with Crippen molar-refractivity contribution >= 4 is 47.8 Å². The molecule has 0 amide bonds. The predicted molar refractivity (Wildman–Crippen MR) is 76.9 cm³/mol. The maximum atomic E-state index is 10.1. The summed E-state index contributed by atoms with van der Waals surface area (Å²) in [7, 11) is 0. The van der Waals surface area contributed by atoms with Crippen molar-refractivity contribution in [1.82, 2.24) is 0 Å². The minimum absolute atomic E-state index is 0.0987. The fourth-order valence-electron chi connectivity index (χ4n) is 1.80. The molecule has 1 aromatic carbocycles. The first-order valence-corrected chi connectivity index (χ1v) is 7.61. The molecule has 0 heterocycles. The van der Waals surface area contributed by atoms with E-state index in [1.165, 1.54) is 0 Å². The lowest BCUT2D eigenvalue weighted by Gasteiger charge is -2.22. The summed E-state index contributed by atoms with van der Waals surface area (Å²) in [6, 6.07) is 1.22. The van der Waals surface area contributed by atoms with Crippen LogP contribution in [0.4, 0.5) is 0 Å². The van der Waals surface area contributed by atoms with Crippen molar-refractivity contribution in [2.45, 2.75) is 25.0 Å². The molecule has 1 fully saturated rings. The second-order valence-electron chi connectivity index (χ2n) is 4.27. The fraction of sp³-hybridized carbons (Fsp3) is 0.455. The minimum atomic E-state index is -0.567. The van der Waals surface area contributed by atoms with E-state index in [-0.39, 0.29) is 11.7 Å². The Morgan fingerprint density at radius 2 is 1.82 bits per heavy atom. The number of halogens is 3. The van der Waals surface area contributed by atoms with E-state index in [1.807, 2.05) is 0 Å². The molecule has 0 radical (unpaired) electrons. The van der Waals surface area contributed by atoms with E-state index >= 15 is 0 Å². The maximum Gasteiger partial charge on any atom is 0.144 e. The number of hydrogen-bond donors (Lipinski definition) is 3. The predicted octanol–water partition coefficient (Wildman–Crippen LogP) is 3.45. The third-order valence-electron chi connectivity index (χ3n) is 2.99. The molecule has 0 aliphatic heterocycles.